The molecule has 1 N–H and O–H groups in total. The van der Waals surface area contributed by atoms with Crippen LogP contribution in [0.5, 0.6) is 5.75 Å². The second-order valence-electron chi connectivity index (χ2n) is 8.83. The molecule has 11 heteroatoms. The first-order valence-electron chi connectivity index (χ1n) is 12.2. The lowest BCUT2D eigenvalue weighted by atomic mass is 10.1. The Balaban J connectivity index is 2.09. The second kappa shape index (κ2) is 13.2. The van der Waals surface area contributed by atoms with Crippen LogP contribution in [0.15, 0.2) is 71.6 Å². The predicted molar refractivity (Wildman–Crippen MR) is 154 cm³/mol. The molecule has 2 amide bonds. The van der Waals surface area contributed by atoms with E-state index in [1.54, 1.807) is 43.3 Å². The van der Waals surface area contributed by atoms with Gasteiger partial charge in [0.25, 0.3) is 10.0 Å². The van der Waals surface area contributed by atoms with Crippen molar-refractivity contribution in [2.24, 2.45) is 0 Å². The van der Waals surface area contributed by atoms with Gasteiger partial charge < -0.3 is 15.0 Å². The molecular formula is C28H31Cl2N3O5S. The monoisotopic (exact) mass is 591 g/mol. The van der Waals surface area contributed by atoms with Crippen LogP contribution in [0.3, 0.4) is 0 Å². The summed E-state index contributed by atoms with van der Waals surface area (Å²) >= 11 is 12.4. The molecule has 0 aromatic heterocycles. The first kappa shape index (κ1) is 30.3. The number of likely N-dealkylation sites (N-methyl/N-ethyl adjacent to an activating group) is 1. The Bertz CT molecular complexity index is 1410. The van der Waals surface area contributed by atoms with Crippen molar-refractivity contribution >= 4 is 50.7 Å². The number of amides is 2. The maximum atomic E-state index is 13.9. The molecule has 208 valence electrons. The largest absolute Gasteiger partial charge is 0.495 e. The first-order chi connectivity index (χ1) is 18.5. The minimum Gasteiger partial charge on any atom is -0.495 e. The standard InChI is InChI=1S/C28H31Cl2N3O5S/c1-5-25(28(35)31-3)32(17-20-8-10-21(29)11-9-20)27(34)18-33(22-12-15-26(38-4)24(30)16-22)39(36,37)23-13-6-19(2)7-14-23/h6-16,25H,5,17-18H2,1-4H3,(H,31,35)/t25-/m0/s1. The summed E-state index contributed by atoms with van der Waals surface area (Å²) in [5.74, 6) is -0.572. The summed E-state index contributed by atoms with van der Waals surface area (Å²) in [7, 11) is -1.27. The van der Waals surface area contributed by atoms with E-state index in [0.717, 1.165) is 15.4 Å². The SMILES string of the molecule is CC[C@@H](C(=O)NC)N(Cc1ccc(Cl)cc1)C(=O)CN(c1ccc(OC)c(Cl)c1)S(=O)(=O)c1ccc(C)cc1. The average Bonchev–Trinajstić information content (AvgIpc) is 2.92. The van der Waals surface area contributed by atoms with E-state index >= 15 is 0 Å². The maximum Gasteiger partial charge on any atom is 0.264 e. The Morgan fingerprint density at radius 3 is 2.18 bits per heavy atom. The van der Waals surface area contributed by atoms with E-state index in [1.807, 2.05) is 6.92 Å². The highest BCUT2D eigenvalue weighted by atomic mass is 35.5. The second-order valence-corrected chi connectivity index (χ2v) is 11.5. The molecular weight excluding hydrogens is 561 g/mol. The summed E-state index contributed by atoms with van der Waals surface area (Å²) < 4.78 is 34.0. The zero-order valence-electron chi connectivity index (χ0n) is 22.1. The molecule has 3 aromatic carbocycles. The number of halogens is 2. The van der Waals surface area contributed by atoms with Crippen molar-refractivity contribution in [3.8, 4) is 5.75 Å². The normalized spacial score (nSPS) is 11.9. The van der Waals surface area contributed by atoms with Crippen molar-refractivity contribution in [3.63, 3.8) is 0 Å². The number of hydrogen-bond donors (Lipinski definition) is 1. The van der Waals surface area contributed by atoms with Crippen molar-refractivity contribution < 1.29 is 22.7 Å². The Morgan fingerprint density at radius 2 is 1.64 bits per heavy atom. The number of aryl methyl sites for hydroxylation is 1. The summed E-state index contributed by atoms with van der Waals surface area (Å²) in [6.45, 7) is 3.13. The molecule has 0 heterocycles. The van der Waals surface area contributed by atoms with Gasteiger partial charge in [-0.15, -0.1) is 0 Å². The molecule has 8 nitrogen and oxygen atoms in total. The van der Waals surface area contributed by atoms with Crippen LogP contribution in [0.4, 0.5) is 5.69 Å². The minimum atomic E-state index is -4.20. The fraction of sp³-hybridized carbons (Fsp3) is 0.286. The number of carbonyl (C=O) groups excluding carboxylic acids is 2. The van der Waals surface area contributed by atoms with Crippen LogP contribution in [0.1, 0.15) is 24.5 Å². The van der Waals surface area contributed by atoms with Crippen LogP contribution in [-0.4, -0.2) is 51.9 Å². The van der Waals surface area contributed by atoms with Crippen molar-refractivity contribution in [1.29, 1.82) is 0 Å². The van der Waals surface area contributed by atoms with Crippen LogP contribution >= 0.6 is 23.2 Å². The van der Waals surface area contributed by atoms with Gasteiger partial charge in [0, 0.05) is 18.6 Å². The molecule has 0 saturated carbocycles. The van der Waals surface area contributed by atoms with E-state index in [1.165, 1.54) is 49.4 Å². The van der Waals surface area contributed by atoms with Gasteiger partial charge in [0.15, 0.2) is 0 Å². The van der Waals surface area contributed by atoms with Gasteiger partial charge in [-0.05, 0) is 61.4 Å². The van der Waals surface area contributed by atoms with E-state index in [9.17, 15) is 18.0 Å². The molecule has 0 aliphatic rings. The third kappa shape index (κ3) is 7.23. The maximum absolute atomic E-state index is 13.9. The molecule has 0 bridgehead atoms. The van der Waals surface area contributed by atoms with E-state index in [2.05, 4.69) is 5.32 Å². The van der Waals surface area contributed by atoms with Gasteiger partial charge >= 0.3 is 0 Å². The molecule has 0 aliphatic heterocycles. The fourth-order valence-electron chi connectivity index (χ4n) is 4.05. The zero-order valence-corrected chi connectivity index (χ0v) is 24.5. The number of nitrogens with one attached hydrogen (secondary N) is 1. The number of anilines is 1. The lowest BCUT2D eigenvalue weighted by Crippen LogP contribution is -2.51. The summed E-state index contributed by atoms with van der Waals surface area (Å²) in [6, 6.07) is 16.9. The number of rotatable bonds is 11. The third-order valence-electron chi connectivity index (χ3n) is 6.21. The molecule has 0 unspecified atom stereocenters. The average molecular weight is 593 g/mol. The van der Waals surface area contributed by atoms with Gasteiger partial charge in [0.05, 0.1) is 22.7 Å². The Morgan fingerprint density at radius 1 is 1.00 bits per heavy atom. The number of carbonyl (C=O) groups is 2. The van der Waals surface area contributed by atoms with Crippen molar-refractivity contribution in [1.82, 2.24) is 10.2 Å². The number of nitrogens with zero attached hydrogens (tertiary/aromatic N) is 2. The highest BCUT2D eigenvalue weighted by Gasteiger charge is 2.33. The predicted octanol–water partition coefficient (Wildman–Crippen LogP) is 5.06. The molecule has 0 saturated heterocycles. The zero-order chi connectivity index (χ0) is 28.7. The van der Waals surface area contributed by atoms with E-state index in [0.29, 0.717) is 17.2 Å². The Labute approximate surface area is 239 Å². The van der Waals surface area contributed by atoms with Crippen LogP contribution in [0, 0.1) is 6.92 Å². The summed E-state index contributed by atoms with van der Waals surface area (Å²) in [5, 5.41) is 3.31. The molecule has 0 spiro atoms. The van der Waals surface area contributed by atoms with E-state index < -0.39 is 28.5 Å². The van der Waals surface area contributed by atoms with Gasteiger partial charge in [0.1, 0.15) is 18.3 Å². The summed E-state index contributed by atoms with van der Waals surface area (Å²) in [5.41, 5.74) is 1.79. The minimum absolute atomic E-state index is 0.00966. The first-order valence-corrected chi connectivity index (χ1v) is 14.4. The molecule has 0 aliphatic carbocycles. The quantitative estimate of drug-likeness (QED) is 0.336. The number of hydrogen-bond acceptors (Lipinski definition) is 5. The van der Waals surface area contributed by atoms with Crippen LogP contribution < -0.4 is 14.4 Å². The number of benzene rings is 3. The van der Waals surface area contributed by atoms with Crippen LogP contribution in [-0.2, 0) is 26.2 Å². The van der Waals surface area contributed by atoms with Gasteiger partial charge in [-0.3, -0.25) is 13.9 Å². The third-order valence-corrected chi connectivity index (χ3v) is 8.55. The van der Waals surface area contributed by atoms with Gasteiger partial charge in [-0.2, -0.15) is 0 Å². The lowest BCUT2D eigenvalue weighted by Gasteiger charge is -2.33. The summed E-state index contributed by atoms with van der Waals surface area (Å²) in [6.07, 6.45) is 0.318. The fourth-order valence-corrected chi connectivity index (χ4v) is 5.83. The molecule has 39 heavy (non-hydrogen) atoms. The number of ether oxygens (including phenoxy) is 1. The smallest absolute Gasteiger partial charge is 0.264 e. The summed E-state index contributed by atoms with van der Waals surface area (Å²) in [4.78, 5) is 28.1. The Hall–Kier alpha value is -3.27. The molecule has 3 aromatic rings. The van der Waals surface area contributed by atoms with Crippen LogP contribution in [0.25, 0.3) is 0 Å². The van der Waals surface area contributed by atoms with Gasteiger partial charge in [0.2, 0.25) is 11.8 Å². The topological polar surface area (TPSA) is 96.0 Å². The lowest BCUT2D eigenvalue weighted by molar-refractivity contribution is -0.140. The van der Waals surface area contributed by atoms with Crippen LogP contribution in [0.2, 0.25) is 10.0 Å². The van der Waals surface area contributed by atoms with Gasteiger partial charge in [-0.25, -0.2) is 8.42 Å². The van der Waals surface area contributed by atoms with Crippen molar-refractivity contribution in [3.05, 3.63) is 87.9 Å². The molecule has 1 atom stereocenters. The van der Waals surface area contributed by atoms with Gasteiger partial charge in [-0.1, -0.05) is 60.0 Å². The highest BCUT2D eigenvalue weighted by molar-refractivity contribution is 7.92. The highest BCUT2D eigenvalue weighted by Crippen LogP contribution is 2.32. The van der Waals surface area contributed by atoms with Crippen molar-refractivity contribution in [2.45, 2.75) is 37.8 Å². The molecule has 0 fully saturated rings. The molecule has 0 radical (unpaired) electrons. The number of sulfonamides is 1. The van der Waals surface area contributed by atoms with Crippen molar-refractivity contribution in [2.75, 3.05) is 25.0 Å². The Kier molecular flexibility index (Phi) is 10.2. The van der Waals surface area contributed by atoms with E-state index in [4.69, 9.17) is 27.9 Å². The molecule has 3 rings (SSSR count). The number of methoxy groups -OCH3 is 1. The van der Waals surface area contributed by atoms with E-state index in [-0.39, 0.29) is 28.1 Å².